The van der Waals surface area contributed by atoms with E-state index in [4.69, 9.17) is 4.74 Å². The summed E-state index contributed by atoms with van der Waals surface area (Å²) in [7, 11) is 1.17. The smallest absolute Gasteiger partial charge is 0.357 e. The number of esters is 1. The Labute approximate surface area is 114 Å². The Balaban J connectivity index is 2.08. The van der Waals surface area contributed by atoms with Crippen molar-refractivity contribution < 1.29 is 9.53 Å². The van der Waals surface area contributed by atoms with Gasteiger partial charge in [-0.2, -0.15) is 0 Å². The van der Waals surface area contributed by atoms with Gasteiger partial charge in [-0.15, -0.1) is 0 Å². The van der Waals surface area contributed by atoms with E-state index in [1.807, 2.05) is 3.97 Å². The summed E-state index contributed by atoms with van der Waals surface area (Å²) >= 11 is 0. The fourth-order valence-electron chi connectivity index (χ4n) is 2.50. The summed E-state index contributed by atoms with van der Waals surface area (Å²) in [5.41, 5.74) is 2.01. The number of nitrogens with zero attached hydrogens (tertiary/aromatic N) is 2. The number of aromatic nitrogens is 2. The number of carbonyl (C=O) groups is 1. The maximum Gasteiger partial charge on any atom is 0.357 e. The van der Waals surface area contributed by atoms with Gasteiger partial charge in [0.15, 0.2) is 5.69 Å². The first-order valence-electron chi connectivity index (χ1n) is 6.13. The molecular formula is C14H16N2O2S. The van der Waals surface area contributed by atoms with Gasteiger partial charge in [0.1, 0.15) is 6.33 Å². The predicted molar refractivity (Wildman–Crippen MR) is 77.2 cm³/mol. The van der Waals surface area contributed by atoms with Gasteiger partial charge in [-0.25, -0.2) is 9.78 Å². The molecule has 0 N–H and O–H groups in total. The first-order chi connectivity index (χ1) is 9.02. The minimum atomic E-state index is -0.339. The number of allylic oxidation sites excluding steroid dienone is 3. The molecule has 1 unspecified atom stereocenters. The van der Waals surface area contributed by atoms with E-state index in [1.165, 1.54) is 17.5 Å². The summed E-state index contributed by atoms with van der Waals surface area (Å²) in [4.78, 5) is 17.2. The van der Waals surface area contributed by atoms with Gasteiger partial charge in [0, 0.05) is 4.86 Å². The van der Waals surface area contributed by atoms with Crippen LogP contribution in [-0.4, -0.2) is 26.9 Å². The van der Waals surface area contributed by atoms with E-state index in [-0.39, 0.29) is 22.1 Å². The molecule has 1 aliphatic carbocycles. The van der Waals surface area contributed by atoms with Crippen molar-refractivity contribution in [2.24, 2.45) is 5.41 Å². The van der Waals surface area contributed by atoms with Gasteiger partial charge in [0.25, 0.3) is 0 Å². The van der Waals surface area contributed by atoms with Crippen LogP contribution >= 0.6 is 10.7 Å². The van der Waals surface area contributed by atoms with E-state index in [2.05, 4.69) is 36.4 Å². The first-order valence-corrected chi connectivity index (χ1v) is 7.38. The lowest BCUT2D eigenvalue weighted by Crippen LogP contribution is -2.10. The molecule has 0 radical (unpaired) electrons. The van der Waals surface area contributed by atoms with Gasteiger partial charge in [-0.3, -0.25) is 3.97 Å². The average molecular weight is 276 g/mol. The van der Waals surface area contributed by atoms with Crippen molar-refractivity contribution in [3.05, 3.63) is 41.4 Å². The number of rotatable bonds is 2. The van der Waals surface area contributed by atoms with Crippen LogP contribution in [0.5, 0.6) is 0 Å². The highest BCUT2D eigenvalue weighted by Crippen LogP contribution is 2.43. The number of methoxy groups -OCH3 is 1. The van der Waals surface area contributed by atoms with Crippen molar-refractivity contribution in [2.75, 3.05) is 7.11 Å². The molecule has 19 heavy (non-hydrogen) atoms. The van der Waals surface area contributed by atoms with Crippen LogP contribution < -0.4 is 0 Å². The molecule has 1 atom stereocenters. The molecule has 0 fully saturated rings. The van der Waals surface area contributed by atoms with E-state index in [9.17, 15) is 4.79 Å². The minimum Gasteiger partial charge on any atom is -0.464 e. The summed E-state index contributed by atoms with van der Waals surface area (Å²) in [6, 6.07) is 0. The molecule has 3 rings (SSSR count). The van der Waals surface area contributed by atoms with Crippen molar-refractivity contribution in [3.63, 3.8) is 0 Å². The molecule has 0 saturated carbocycles. The lowest BCUT2D eigenvalue weighted by molar-refractivity contribution is 0.0593. The third kappa shape index (κ3) is 1.98. The van der Waals surface area contributed by atoms with Crippen LogP contribution in [0, 0.1) is 5.41 Å². The second-order valence-electron chi connectivity index (χ2n) is 5.40. The summed E-state index contributed by atoms with van der Waals surface area (Å²) in [6.45, 7) is 4.46. The third-order valence-corrected chi connectivity index (χ3v) is 5.32. The molecule has 1 aliphatic heterocycles. The Bertz CT molecular complexity index is 650. The Hall–Kier alpha value is -1.62. The summed E-state index contributed by atoms with van der Waals surface area (Å²) in [5.74, 6) is -0.339. The van der Waals surface area contributed by atoms with E-state index in [0.717, 1.165) is 6.42 Å². The van der Waals surface area contributed by atoms with Gasteiger partial charge in [-0.05, 0) is 28.9 Å². The molecule has 2 aliphatic rings. The fourth-order valence-corrected chi connectivity index (χ4v) is 4.68. The zero-order chi connectivity index (χ0) is 13.6. The number of carbonyl (C=O) groups excluding carboxylic acids is 1. The minimum absolute atomic E-state index is 0.201. The molecule has 0 bridgehead atoms. The second-order valence-corrected chi connectivity index (χ2v) is 7.19. The fraction of sp³-hybridized carbons (Fsp3) is 0.357. The maximum absolute atomic E-state index is 11.7. The largest absolute Gasteiger partial charge is 0.464 e. The normalized spacial score (nSPS) is 23.4. The van der Waals surface area contributed by atoms with Gasteiger partial charge in [0.2, 0.25) is 0 Å². The van der Waals surface area contributed by atoms with Gasteiger partial charge in [0.05, 0.1) is 13.3 Å². The molecular weight excluding hydrogens is 260 g/mol. The second kappa shape index (κ2) is 4.20. The molecule has 4 nitrogen and oxygen atoms in total. The first kappa shape index (κ1) is 12.4. The molecule has 0 aromatic carbocycles. The van der Waals surface area contributed by atoms with Gasteiger partial charge in [-0.1, -0.05) is 30.6 Å². The number of imidazole rings is 1. The number of fused-ring (bicyclic) bond motifs is 1. The molecule has 100 valence electrons. The Morgan fingerprint density at radius 1 is 1.53 bits per heavy atom. The molecule has 1 aromatic heterocycles. The standard InChI is InChI=1S/C14H16N2O2S/c1-14(2)6-10-4-5-19(12(10)7-14)16-9-15-8-11(16)13(17)18-3/h4-6,8-9H,7H2,1-3H3. The van der Waals surface area contributed by atoms with E-state index >= 15 is 0 Å². The molecule has 0 spiro atoms. The van der Waals surface area contributed by atoms with Crippen LogP contribution in [-0.2, 0) is 4.74 Å². The van der Waals surface area contributed by atoms with Crippen LogP contribution in [0.2, 0.25) is 0 Å². The van der Waals surface area contributed by atoms with Crippen LogP contribution in [0.15, 0.2) is 35.7 Å². The number of ether oxygens (including phenoxy) is 1. The summed E-state index contributed by atoms with van der Waals surface area (Å²) in [6.07, 6.45) is 8.75. The summed E-state index contributed by atoms with van der Waals surface area (Å²) in [5, 5.41) is 2.14. The van der Waals surface area contributed by atoms with Crippen molar-refractivity contribution in [3.8, 4) is 0 Å². The molecule has 0 saturated heterocycles. The van der Waals surface area contributed by atoms with E-state index in [1.54, 1.807) is 12.5 Å². The molecule has 0 amide bonds. The summed E-state index contributed by atoms with van der Waals surface area (Å²) < 4.78 is 6.72. The lowest BCUT2D eigenvalue weighted by Gasteiger charge is -2.15. The van der Waals surface area contributed by atoms with E-state index in [0.29, 0.717) is 5.69 Å². The van der Waals surface area contributed by atoms with Gasteiger partial charge < -0.3 is 4.74 Å². The molecule has 5 heteroatoms. The average Bonchev–Trinajstić information content (AvgIpc) is 3.00. The number of hydrogen-bond acceptors (Lipinski definition) is 3. The SMILES string of the molecule is COC(=O)c1cncn1S1=C2CC(C)(C)C=C2C=C1. The quantitative estimate of drug-likeness (QED) is 0.616. The van der Waals surface area contributed by atoms with Crippen molar-refractivity contribution in [1.82, 2.24) is 8.96 Å². The topological polar surface area (TPSA) is 44.1 Å². The van der Waals surface area contributed by atoms with Crippen LogP contribution in [0.1, 0.15) is 30.8 Å². The van der Waals surface area contributed by atoms with Crippen LogP contribution in [0.25, 0.3) is 0 Å². The highest BCUT2D eigenvalue weighted by molar-refractivity contribution is 8.17. The lowest BCUT2D eigenvalue weighted by atomic mass is 9.94. The Morgan fingerprint density at radius 3 is 3.05 bits per heavy atom. The van der Waals surface area contributed by atoms with Gasteiger partial charge >= 0.3 is 5.97 Å². The highest BCUT2D eigenvalue weighted by atomic mass is 32.2. The van der Waals surface area contributed by atoms with Crippen molar-refractivity contribution >= 4 is 21.5 Å². The molecule has 1 aromatic rings. The number of hydrogen-bond donors (Lipinski definition) is 0. The zero-order valence-electron chi connectivity index (χ0n) is 11.2. The van der Waals surface area contributed by atoms with Crippen LogP contribution in [0.4, 0.5) is 0 Å². The Morgan fingerprint density at radius 2 is 2.32 bits per heavy atom. The highest BCUT2D eigenvalue weighted by Gasteiger charge is 2.31. The monoisotopic (exact) mass is 276 g/mol. The Kier molecular flexibility index (Phi) is 2.74. The molecule has 2 heterocycles. The maximum atomic E-state index is 11.7. The third-order valence-electron chi connectivity index (χ3n) is 3.33. The zero-order valence-corrected chi connectivity index (χ0v) is 12.0. The van der Waals surface area contributed by atoms with Crippen molar-refractivity contribution in [2.45, 2.75) is 20.3 Å². The predicted octanol–water partition coefficient (Wildman–Crippen LogP) is 2.76. The van der Waals surface area contributed by atoms with Crippen molar-refractivity contribution in [1.29, 1.82) is 0 Å². The van der Waals surface area contributed by atoms with E-state index < -0.39 is 0 Å². The van der Waals surface area contributed by atoms with Crippen LogP contribution in [0.3, 0.4) is 0 Å².